The van der Waals surface area contributed by atoms with Crippen molar-refractivity contribution in [3.8, 4) is 0 Å². The number of halogens is 1. The number of aromatic nitrogens is 2. The maximum Gasteiger partial charge on any atom is 0.271 e. The van der Waals surface area contributed by atoms with Crippen LogP contribution in [0.3, 0.4) is 0 Å². The third-order valence-corrected chi connectivity index (χ3v) is 4.46. The van der Waals surface area contributed by atoms with E-state index in [0.717, 1.165) is 0 Å². The highest BCUT2D eigenvalue weighted by atomic mass is 35.5. The highest BCUT2D eigenvalue weighted by molar-refractivity contribution is 6.33. The lowest BCUT2D eigenvalue weighted by Crippen LogP contribution is -2.46. The Balaban J connectivity index is 1.56. The molecule has 1 aromatic carbocycles. The lowest BCUT2D eigenvalue weighted by molar-refractivity contribution is 0.0698. The summed E-state index contributed by atoms with van der Waals surface area (Å²) < 4.78 is 0. The predicted octanol–water partition coefficient (Wildman–Crippen LogP) is 1.46. The van der Waals surface area contributed by atoms with E-state index < -0.39 is 0 Å². The van der Waals surface area contributed by atoms with Gasteiger partial charge in [-0.25, -0.2) is 5.10 Å². The summed E-state index contributed by atoms with van der Waals surface area (Å²) in [6.45, 7) is 1.07. The number of nitrogens with zero attached hydrogens (tertiary/aromatic N) is 2. The molecule has 0 bridgehead atoms. The van der Waals surface area contributed by atoms with Crippen molar-refractivity contribution in [3.63, 3.8) is 0 Å². The van der Waals surface area contributed by atoms with Gasteiger partial charge in [-0.05, 0) is 31.0 Å². The number of carbonyl (C=O) groups excluding carboxylic acids is 2. The van der Waals surface area contributed by atoms with Gasteiger partial charge >= 0.3 is 0 Å². The van der Waals surface area contributed by atoms with Gasteiger partial charge in [-0.2, -0.15) is 5.10 Å². The maximum absolute atomic E-state index is 12.5. The van der Waals surface area contributed by atoms with Crippen LogP contribution in [-0.2, 0) is 0 Å². The van der Waals surface area contributed by atoms with Crippen molar-refractivity contribution in [2.75, 3.05) is 13.1 Å². The molecule has 1 aliphatic heterocycles. The third-order valence-electron chi connectivity index (χ3n) is 4.13. The van der Waals surface area contributed by atoms with Gasteiger partial charge in [0.2, 0.25) is 0 Å². The first-order valence-corrected chi connectivity index (χ1v) is 8.33. The number of likely N-dealkylation sites (tertiary alicyclic amines) is 1. The van der Waals surface area contributed by atoms with Gasteiger partial charge in [0.1, 0.15) is 5.69 Å². The molecule has 2 N–H and O–H groups in total. The van der Waals surface area contributed by atoms with E-state index in [0.29, 0.717) is 36.5 Å². The number of hydrogen-bond acceptors (Lipinski definition) is 4. The summed E-state index contributed by atoms with van der Waals surface area (Å²) in [6, 6.07) is 9.56. The second-order valence-corrected chi connectivity index (χ2v) is 6.23. The minimum absolute atomic E-state index is 0.0449. The summed E-state index contributed by atoms with van der Waals surface area (Å²) in [6.07, 6.45) is 1.29. The van der Waals surface area contributed by atoms with Crippen LogP contribution in [-0.4, -0.2) is 46.0 Å². The molecule has 0 radical (unpaired) electrons. The van der Waals surface area contributed by atoms with Gasteiger partial charge in [-0.3, -0.25) is 14.4 Å². The first kappa shape index (κ1) is 17.2. The van der Waals surface area contributed by atoms with Gasteiger partial charge in [-0.1, -0.05) is 23.7 Å². The standard InChI is InChI=1S/C17H17ClN4O3/c18-13-4-2-1-3-12(13)17(25)22-9-7-11(8-10-22)19-16(24)14-5-6-15(23)21-20-14/h1-6,11H,7-10H2,(H,19,24)(H,21,23). The fourth-order valence-corrected chi connectivity index (χ4v) is 2.98. The summed E-state index contributed by atoms with van der Waals surface area (Å²) in [7, 11) is 0. The number of amides is 2. The molecule has 7 nitrogen and oxygen atoms in total. The van der Waals surface area contributed by atoms with Crippen molar-refractivity contribution in [2.45, 2.75) is 18.9 Å². The average Bonchev–Trinajstić information content (AvgIpc) is 2.63. The second kappa shape index (κ2) is 7.48. The maximum atomic E-state index is 12.5. The van der Waals surface area contributed by atoms with Crippen LogP contribution in [0.1, 0.15) is 33.7 Å². The van der Waals surface area contributed by atoms with Gasteiger partial charge in [0, 0.05) is 25.2 Å². The van der Waals surface area contributed by atoms with Crippen molar-refractivity contribution < 1.29 is 9.59 Å². The molecule has 3 rings (SSSR count). The average molecular weight is 361 g/mol. The van der Waals surface area contributed by atoms with Gasteiger partial charge in [0.25, 0.3) is 17.4 Å². The first-order valence-electron chi connectivity index (χ1n) is 7.95. The zero-order chi connectivity index (χ0) is 17.8. The van der Waals surface area contributed by atoms with E-state index in [4.69, 9.17) is 11.6 Å². The van der Waals surface area contributed by atoms with E-state index in [9.17, 15) is 14.4 Å². The quantitative estimate of drug-likeness (QED) is 0.866. The minimum Gasteiger partial charge on any atom is -0.348 e. The monoisotopic (exact) mass is 360 g/mol. The van der Waals surface area contributed by atoms with Crippen LogP contribution in [0.5, 0.6) is 0 Å². The Hall–Kier alpha value is -2.67. The van der Waals surface area contributed by atoms with Crippen LogP contribution < -0.4 is 10.9 Å². The molecule has 0 saturated carbocycles. The van der Waals surface area contributed by atoms with Crippen LogP contribution in [0.4, 0.5) is 0 Å². The largest absolute Gasteiger partial charge is 0.348 e. The molecule has 130 valence electrons. The molecule has 0 atom stereocenters. The number of rotatable bonds is 3. The normalized spacial score (nSPS) is 15.0. The number of hydrogen-bond donors (Lipinski definition) is 2. The Kier molecular flexibility index (Phi) is 5.14. The third kappa shape index (κ3) is 4.06. The van der Waals surface area contributed by atoms with Crippen molar-refractivity contribution in [1.29, 1.82) is 0 Å². The van der Waals surface area contributed by atoms with Crippen LogP contribution >= 0.6 is 11.6 Å². The van der Waals surface area contributed by atoms with E-state index in [-0.39, 0.29) is 29.1 Å². The summed E-state index contributed by atoms with van der Waals surface area (Å²) in [4.78, 5) is 37.3. The Labute approximate surface area is 149 Å². The van der Waals surface area contributed by atoms with Crippen molar-refractivity contribution in [1.82, 2.24) is 20.4 Å². The fraction of sp³-hybridized carbons (Fsp3) is 0.294. The smallest absolute Gasteiger partial charge is 0.271 e. The molecule has 1 aromatic heterocycles. The molecule has 0 unspecified atom stereocenters. The highest BCUT2D eigenvalue weighted by Crippen LogP contribution is 2.20. The van der Waals surface area contributed by atoms with E-state index >= 15 is 0 Å². The number of benzene rings is 1. The lowest BCUT2D eigenvalue weighted by atomic mass is 10.0. The van der Waals surface area contributed by atoms with Crippen molar-refractivity contribution >= 4 is 23.4 Å². The number of carbonyl (C=O) groups is 2. The van der Waals surface area contributed by atoms with E-state index in [2.05, 4.69) is 15.5 Å². The molecule has 2 heterocycles. The van der Waals surface area contributed by atoms with Crippen molar-refractivity contribution in [2.24, 2.45) is 0 Å². The van der Waals surface area contributed by atoms with Crippen LogP contribution in [0.2, 0.25) is 5.02 Å². The molecule has 2 amide bonds. The summed E-state index contributed by atoms with van der Waals surface area (Å²) in [5.41, 5.74) is 0.293. The Morgan fingerprint density at radius 1 is 1.16 bits per heavy atom. The second-order valence-electron chi connectivity index (χ2n) is 5.83. The number of piperidine rings is 1. The van der Waals surface area contributed by atoms with E-state index in [1.165, 1.54) is 12.1 Å². The highest BCUT2D eigenvalue weighted by Gasteiger charge is 2.26. The van der Waals surface area contributed by atoms with Gasteiger partial charge in [0.15, 0.2) is 0 Å². The molecule has 1 aliphatic rings. The zero-order valence-electron chi connectivity index (χ0n) is 13.4. The molecule has 1 saturated heterocycles. The minimum atomic E-state index is -0.358. The SMILES string of the molecule is O=C(NC1CCN(C(=O)c2ccccc2Cl)CC1)c1ccc(=O)[nH]n1. The summed E-state index contributed by atoms with van der Waals surface area (Å²) >= 11 is 6.08. The molecular formula is C17H17ClN4O3. The topological polar surface area (TPSA) is 95.2 Å². The predicted molar refractivity (Wildman–Crippen MR) is 92.7 cm³/mol. The lowest BCUT2D eigenvalue weighted by Gasteiger charge is -2.32. The first-order chi connectivity index (χ1) is 12.0. The summed E-state index contributed by atoms with van der Waals surface area (Å²) in [5, 5.41) is 9.25. The molecule has 0 aliphatic carbocycles. The Morgan fingerprint density at radius 2 is 1.88 bits per heavy atom. The zero-order valence-corrected chi connectivity index (χ0v) is 14.1. The van der Waals surface area contributed by atoms with Gasteiger partial charge in [0.05, 0.1) is 10.6 Å². The molecular weight excluding hydrogens is 344 g/mol. The Bertz CT molecular complexity index is 823. The van der Waals surface area contributed by atoms with Crippen LogP contribution in [0.15, 0.2) is 41.2 Å². The molecule has 2 aromatic rings. The molecule has 0 spiro atoms. The van der Waals surface area contributed by atoms with E-state index in [1.54, 1.807) is 29.2 Å². The van der Waals surface area contributed by atoms with E-state index in [1.807, 2.05) is 0 Å². The molecule has 25 heavy (non-hydrogen) atoms. The van der Waals surface area contributed by atoms with Crippen molar-refractivity contribution in [3.05, 3.63) is 63.0 Å². The number of aromatic amines is 1. The Morgan fingerprint density at radius 3 is 2.52 bits per heavy atom. The van der Waals surface area contributed by atoms with Crippen LogP contribution in [0, 0.1) is 0 Å². The summed E-state index contributed by atoms with van der Waals surface area (Å²) in [5.74, 6) is -0.440. The number of nitrogens with one attached hydrogen (secondary N) is 2. The number of H-pyrrole nitrogens is 1. The molecule has 1 fully saturated rings. The fourth-order valence-electron chi connectivity index (χ4n) is 2.76. The molecule has 8 heteroatoms. The van der Waals surface area contributed by atoms with Gasteiger partial charge in [-0.15, -0.1) is 0 Å². The van der Waals surface area contributed by atoms with Crippen LogP contribution in [0.25, 0.3) is 0 Å². The van der Waals surface area contributed by atoms with Gasteiger partial charge < -0.3 is 10.2 Å².